The van der Waals surface area contributed by atoms with E-state index in [1.807, 2.05) is 0 Å². The summed E-state index contributed by atoms with van der Waals surface area (Å²) in [6.45, 7) is 10.4. The van der Waals surface area contributed by atoms with Gasteiger partial charge in [0.15, 0.2) is 0 Å². The fourth-order valence-corrected chi connectivity index (χ4v) is 0.501. The minimum absolute atomic E-state index is 0.240. The second kappa shape index (κ2) is 12.6. The molecule has 0 saturated carbocycles. The summed E-state index contributed by atoms with van der Waals surface area (Å²) >= 11 is 0. The number of carbonyl (C=O) groups is 1. The van der Waals surface area contributed by atoms with E-state index in [2.05, 4.69) is 20.1 Å². The Hall–Kier alpha value is -1.05. The van der Waals surface area contributed by atoms with Crippen molar-refractivity contribution in [3.05, 3.63) is 25.3 Å². The maximum Gasteiger partial charge on any atom is 0.330 e. The molecule has 2 heteroatoms. The molecule has 0 amide bonds. The average molecular weight is 170 g/mol. The first-order chi connectivity index (χ1) is 5.81. The van der Waals surface area contributed by atoms with Crippen molar-refractivity contribution < 1.29 is 9.53 Å². The number of hydrogen-bond acceptors (Lipinski definition) is 2. The van der Waals surface area contributed by atoms with Gasteiger partial charge in [0.1, 0.15) is 0 Å². The van der Waals surface area contributed by atoms with Crippen LogP contribution >= 0.6 is 0 Å². The highest BCUT2D eigenvalue weighted by Crippen LogP contribution is 1.88. The number of rotatable bonds is 4. The van der Waals surface area contributed by atoms with E-state index in [9.17, 15) is 4.79 Å². The molecule has 0 atom stereocenters. The van der Waals surface area contributed by atoms with Gasteiger partial charge in [-0.3, -0.25) is 0 Å². The van der Waals surface area contributed by atoms with Crippen molar-refractivity contribution in [2.24, 2.45) is 0 Å². The maximum absolute atomic E-state index is 10.6. The van der Waals surface area contributed by atoms with Gasteiger partial charge in [-0.2, -0.15) is 0 Å². The Labute approximate surface area is 74.9 Å². The summed E-state index contributed by atoms with van der Waals surface area (Å²) in [7, 11) is 0. The van der Waals surface area contributed by atoms with Crippen molar-refractivity contribution in [1.82, 2.24) is 0 Å². The molecule has 0 unspecified atom stereocenters. The summed E-state index contributed by atoms with van der Waals surface area (Å²) in [5.74, 6) is -0.240. The molecule has 0 N–H and O–H groups in total. The minimum Gasteiger partial charge on any atom is -0.463 e. The summed E-state index contributed by atoms with van der Waals surface area (Å²) in [6, 6.07) is 0. The van der Waals surface area contributed by atoms with E-state index in [4.69, 9.17) is 4.74 Å². The third kappa shape index (κ3) is 11.7. The highest BCUT2D eigenvalue weighted by atomic mass is 16.5. The molecule has 0 radical (unpaired) electrons. The van der Waals surface area contributed by atoms with E-state index >= 15 is 0 Å². The fourth-order valence-electron chi connectivity index (χ4n) is 0.501. The van der Waals surface area contributed by atoms with Crippen molar-refractivity contribution in [2.75, 3.05) is 6.61 Å². The average Bonchev–Trinajstić information content (AvgIpc) is 2.09. The lowest BCUT2D eigenvalue weighted by molar-refractivity contribution is -0.137. The predicted octanol–water partition coefficient (Wildman–Crippen LogP) is 2.71. The van der Waals surface area contributed by atoms with Gasteiger partial charge >= 0.3 is 5.97 Å². The van der Waals surface area contributed by atoms with Crippen molar-refractivity contribution in [3.63, 3.8) is 0 Å². The Morgan fingerprint density at radius 2 is 2.08 bits per heavy atom. The summed E-state index contributed by atoms with van der Waals surface area (Å²) in [6.07, 6.45) is 5.11. The molecular weight excluding hydrogens is 152 g/mol. The lowest BCUT2D eigenvalue weighted by atomic mass is 10.4. The van der Waals surface area contributed by atoms with E-state index in [1.165, 1.54) is 6.08 Å². The predicted molar refractivity (Wildman–Crippen MR) is 51.9 cm³/mol. The van der Waals surface area contributed by atoms with Crippen LogP contribution in [0.25, 0.3) is 0 Å². The van der Waals surface area contributed by atoms with E-state index in [0.29, 0.717) is 6.61 Å². The van der Waals surface area contributed by atoms with Crippen LogP contribution in [-0.2, 0) is 9.53 Å². The number of unbranched alkanes of at least 4 members (excludes halogenated alkanes) is 1. The monoisotopic (exact) mass is 170 g/mol. The van der Waals surface area contributed by atoms with Gasteiger partial charge in [0, 0.05) is 6.08 Å². The van der Waals surface area contributed by atoms with E-state index in [1.54, 1.807) is 13.0 Å². The largest absolute Gasteiger partial charge is 0.463 e. The van der Waals surface area contributed by atoms with Crippen molar-refractivity contribution in [2.45, 2.75) is 26.7 Å². The first-order valence-corrected chi connectivity index (χ1v) is 4.10. The molecule has 70 valence electrons. The minimum atomic E-state index is -0.240. The molecule has 0 aliphatic rings. The first kappa shape index (κ1) is 13.5. The molecule has 0 aliphatic carbocycles. The number of carbonyl (C=O) groups excluding carboxylic acids is 1. The van der Waals surface area contributed by atoms with Gasteiger partial charge in [0.05, 0.1) is 6.61 Å². The third-order valence-corrected chi connectivity index (χ3v) is 1.04. The highest BCUT2D eigenvalue weighted by molar-refractivity contribution is 5.81. The third-order valence-electron chi connectivity index (χ3n) is 1.04. The van der Waals surface area contributed by atoms with Crippen LogP contribution in [0, 0.1) is 0 Å². The zero-order valence-corrected chi connectivity index (χ0v) is 8.01. The van der Waals surface area contributed by atoms with Crippen LogP contribution in [0.3, 0.4) is 0 Å². The molecule has 0 rings (SSSR count). The van der Waals surface area contributed by atoms with Crippen LogP contribution in [0.15, 0.2) is 25.3 Å². The van der Waals surface area contributed by atoms with Crippen LogP contribution in [0.4, 0.5) is 0 Å². The second-order valence-corrected chi connectivity index (χ2v) is 2.02. The van der Waals surface area contributed by atoms with Gasteiger partial charge in [0.25, 0.3) is 0 Å². The topological polar surface area (TPSA) is 26.3 Å². The number of hydrogen-bond donors (Lipinski definition) is 0. The molecule has 0 heterocycles. The quantitative estimate of drug-likeness (QED) is 0.280. The van der Waals surface area contributed by atoms with E-state index < -0.39 is 0 Å². The highest BCUT2D eigenvalue weighted by Gasteiger charge is 1.92. The molecule has 0 bridgehead atoms. The summed E-state index contributed by atoms with van der Waals surface area (Å²) in [4.78, 5) is 10.6. The molecular formula is C10H18O2. The lowest BCUT2D eigenvalue weighted by Gasteiger charge is -1.97. The van der Waals surface area contributed by atoms with Crippen molar-refractivity contribution in [1.29, 1.82) is 0 Å². The van der Waals surface area contributed by atoms with Crippen LogP contribution < -0.4 is 0 Å². The molecule has 0 aromatic carbocycles. The van der Waals surface area contributed by atoms with E-state index in [0.717, 1.165) is 12.8 Å². The van der Waals surface area contributed by atoms with Crippen molar-refractivity contribution >= 4 is 5.97 Å². The SMILES string of the molecule is C/C=C/C(=O)OCCCC.C=C. The zero-order chi connectivity index (χ0) is 9.82. The summed E-state index contributed by atoms with van der Waals surface area (Å²) in [5.41, 5.74) is 0. The Morgan fingerprint density at radius 1 is 1.50 bits per heavy atom. The van der Waals surface area contributed by atoms with Crippen LogP contribution in [0.2, 0.25) is 0 Å². The number of esters is 1. The molecule has 0 saturated heterocycles. The van der Waals surface area contributed by atoms with Gasteiger partial charge in [-0.05, 0) is 13.3 Å². The Morgan fingerprint density at radius 3 is 2.50 bits per heavy atom. The standard InChI is InChI=1S/C8H14O2.C2H4/c1-3-5-7-10-8(9)6-4-2;1-2/h4,6H,3,5,7H2,1-2H3;1-2H2/b6-4+;. The number of allylic oxidation sites excluding steroid dienone is 1. The van der Waals surface area contributed by atoms with Gasteiger partial charge in [0.2, 0.25) is 0 Å². The van der Waals surface area contributed by atoms with Gasteiger partial charge in [-0.15, -0.1) is 13.2 Å². The smallest absolute Gasteiger partial charge is 0.330 e. The van der Waals surface area contributed by atoms with E-state index in [-0.39, 0.29) is 5.97 Å². The second-order valence-electron chi connectivity index (χ2n) is 2.02. The maximum atomic E-state index is 10.6. The number of ether oxygens (including phenoxy) is 1. The first-order valence-electron chi connectivity index (χ1n) is 4.10. The van der Waals surface area contributed by atoms with Gasteiger partial charge in [-0.1, -0.05) is 19.4 Å². The van der Waals surface area contributed by atoms with Crippen molar-refractivity contribution in [3.8, 4) is 0 Å². The molecule has 0 aromatic rings. The lowest BCUT2D eigenvalue weighted by Crippen LogP contribution is -2.01. The summed E-state index contributed by atoms with van der Waals surface area (Å²) < 4.78 is 4.80. The molecule has 12 heavy (non-hydrogen) atoms. The molecule has 0 aromatic heterocycles. The Bertz CT molecular complexity index is 128. The zero-order valence-electron chi connectivity index (χ0n) is 8.01. The molecule has 2 nitrogen and oxygen atoms in total. The molecule has 0 fully saturated rings. The molecule has 0 spiro atoms. The van der Waals surface area contributed by atoms with Crippen LogP contribution in [-0.4, -0.2) is 12.6 Å². The van der Waals surface area contributed by atoms with Crippen LogP contribution in [0.5, 0.6) is 0 Å². The Kier molecular flexibility index (Phi) is 14.2. The Balaban J connectivity index is 0. The van der Waals surface area contributed by atoms with Gasteiger partial charge < -0.3 is 4.74 Å². The fraction of sp³-hybridized carbons (Fsp3) is 0.500. The summed E-state index contributed by atoms with van der Waals surface area (Å²) in [5, 5.41) is 0. The molecule has 0 aliphatic heterocycles. The van der Waals surface area contributed by atoms with Crippen LogP contribution in [0.1, 0.15) is 26.7 Å². The van der Waals surface area contributed by atoms with Gasteiger partial charge in [-0.25, -0.2) is 4.79 Å². The normalized spacial score (nSPS) is 8.83.